The number of fused-ring (bicyclic) bond motifs is 1. The first-order valence-corrected chi connectivity index (χ1v) is 9.46. The second kappa shape index (κ2) is 6.93. The van der Waals surface area contributed by atoms with Crippen LogP contribution in [0, 0.1) is 0 Å². The summed E-state index contributed by atoms with van der Waals surface area (Å²) in [5.41, 5.74) is 1.41. The molecule has 0 atom stereocenters. The van der Waals surface area contributed by atoms with Gasteiger partial charge in [0.1, 0.15) is 5.69 Å². The van der Waals surface area contributed by atoms with Gasteiger partial charge in [-0.1, -0.05) is 75.8 Å². The van der Waals surface area contributed by atoms with Crippen molar-refractivity contribution in [1.29, 1.82) is 0 Å². The molecule has 0 saturated heterocycles. The number of nitrogens with zero attached hydrogens (tertiary/aromatic N) is 3. The van der Waals surface area contributed by atoms with Crippen LogP contribution in [0.5, 0.6) is 0 Å². The first kappa shape index (κ1) is 16.8. The molecule has 4 aromatic rings. The van der Waals surface area contributed by atoms with Crippen LogP contribution in [0.3, 0.4) is 0 Å². The Morgan fingerprint density at radius 3 is 2.54 bits per heavy atom. The molecular weight excluding hydrogens is 414 g/mol. The lowest BCUT2D eigenvalue weighted by atomic mass is 10.1. The van der Waals surface area contributed by atoms with E-state index in [1.54, 1.807) is 6.08 Å². The Kier molecular flexibility index (Phi) is 4.48. The highest BCUT2D eigenvalue weighted by Gasteiger charge is 2.11. The van der Waals surface area contributed by atoms with Gasteiger partial charge in [-0.05, 0) is 23.3 Å². The summed E-state index contributed by atoms with van der Waals surface area (Å²) >= 11 is 4.62. The van der Waals surface area contributed by atoms with Gasteiger partial charge in [0.2, 0.25) is 4.96 Å². The van der Waals surface area contributed by atoms with Crippen LogP contribution < -0.4 is 15.7 Å². The van der Waals surface area contributed by atoms with Crippen molar-refractivity contribution >= 4 is 38.3 Å². The van der Waals surface area contributed by atoms with Crippen LogP contribution >= 0.6 is 27.3 Å². The normalized spacial score (nSPS) is 12.0. The first-order chi connectivity index (χ1) is 12.6. The molecule has 0 aliphatic carbocycles. The predicted molar refractivity (Wildman–Crippen MR) is 106 cm³/mol. The molecule has 0 N–H and O–H groups in total. The van der Waals surface area contributed by atoms with Gasteiger partial charge in [-0.25, -0.2) is 0 Å². The highest BCUT2D eigenvalue weighted by molar-refractivity contribution is 9.10. The zero-order chi connectivity index (χ0) is 18.1. The summed E-state index contributed by atoms with van der Waals surface area (Å²) in [5.74, 6) is 0. The van der Waals surface area contributed by atoms with Crippen molar-refractivity contribution in [2.24, 2.45) is 0 Å². The Balaban J connectivity index is 1.85. The second-order valence-corrected chi connectivity index (χ2v) is 7.52. The molecule has 7 heteroatoms. The largest absolute Gasteiger partial charge is 0.296 e. The van der Waals surface area contributed by atoms with E-state index in [0.29, 0.717) is 15.9 Å². The summed E-state index contributed by atoms with van der Waals surface area (Å²) in [5, 5.41) is 4.26. The van der Waals surface area contributed by atoms with E-state index in [0.717, 1.165) is 26.9 Å². The Morgan fingerprint density at radius 2 is 1.77 bits per heavy atom. The van der Waals surface area contributed by atoms with Crippen molar-refractivity contribution in [2.45, 2.75) is 6.42 Å². The summed E-state index contributed by atoms with van der Waals surface area (Å²) in [6.45, 7) is 0. The Bertz CT molecular complexity index is 1270. The second-order valence-electron chi connectivity index (χ2n) is 5.66. The number of hydrogen-bond acceptors (Lipinski definition) is 5. The van der Waals surface area contributed by atoms with Gasteiger partial charge in [0.05, 0.1) is 4.53 Å². The predicted octanol–water partition coefficient (Wildman–Crippen LogP) is 2.41. The van der Waals surface area contributed by atoms with E-state index < -0.39 is 5.56 Å². The van der Waals surface area contributed by atoms with Crippen molar-refractivity contribution < 1.29 is 0 Å². The average molecular weight is 426 g/mol. The quantitative estimate of drug-likeness (QED) is 0.505. The minimum absolute atomic E-state index is 0.260. The minimum Gasteiger partial charge on any atom is -0.266 e. The van der Waals surface area contributed by atoms with Crippen molar-refractivity contribution in [3.63, 3.8) is 0 Å². The molecule has 2 heterocycles. The standard InChI is InChI=1S/C19H12BrN3O2S/c20-14-9-5-4-8-13(14)11-16-18(25)23-19(26-16)21-17(24)15(22-23)10-12-6-2-1-3-7-12/h1-9,11H,10H2. The van der Waals surface area contributed by atoms with Gasteiger partial charge in [-0.15, -0.1) is 0 Å². The van der Waals surface area contributed by atoms with Gasteiger partial charge in [-0.2, -0.15) is 14.6 Å². The summed E-state index contributed by atoms with van der Waals surface area (Å²) in [6.07, 6.45) is 2.11. The van der Waals surface area contributed by atoms with Crippen LogP contribution in [0.25, 0.3) is 11.0 Å². The first-order valence-electron chi connectivity index (χ1n) is 7.85. The Labute approximate surface area is 160 Å². The molecule has 0 fully saturated rings. The monoisotopic (exact) mass is 425 g/mol. The van der Waals surface area contributed by atoms with E-state index >= 15 is 0 Å². The van der Waals surface area contributed by atoms with E-state index in [-0.39, 0.29) is 11.3 Å². The van der Waals surface area contributed by atoms with Crippen molar-refractivity contribution in [3.05, 3.63) is 101 Å². The zero-order valence-corrected chi connectivity index (χ0v) is 15.8. The van der Waals surface area contributed by atoms with Crippen LogP contribution in [0.15, 0.2) is 68.7 Å². The number of benzene rings is 2. The van der Waals surface area contributed by atoms with E-state index in [1.807, 2.05) is 54.6 Å². The van der Waals surface area contributed by atoms with Crippen molar-refractivity contribution in [2.75, 3.05) is 0 Å². The van der Waals surface area contributed by atoms with Crippen LogP contribution in [0.4, 0.5) is 0 Å². The third-order valence-electron chi connectivity index (χ3n) is 3.86. The maximum Gasteiger partial charge on any atom is 0.296 e. The molecule has 5 nitrogen and oxygen atoms in total. The van der Waals surface area contributed by atoms with Gasteiger partial charge in [0, 0.05) is 10.9 Å². The van der Waals surface area contributed by atoms with Gasteiger partial charge >= 0.3 is 0 Å². The number of halogens is 1. The number of hydrogen-bond donors (Lipinski definition) is 0. The van der Waals surface area contributed by atoms with Gasteiger partial charge in [0.15, 0.2) is 0 Å². The smallest absolute Gasteiger partial charge is 0.266 e. The topological polar surface area (TPSA) is 64.3 Å². The van der Waals surface area contributed by atoms with E-state index in [2.05, 4.69) is 26.0 Å². The Hall–Kier alpha value is -2.64. The number of aromatic nitrogens is 3. The van der Waals surface area contributed by atoms with E-state index in [4.69, 9.17) is 0 Å². The molecule has 0 radical (unpaired) electrons. The van der Waals surface area contributed by atoms with Crippen molar-refractivity contribution in [3.8, 4) is 0 Å². The van der Waals surface area contributed by atoms with Crippen LogP contribution in [0.2, 0.25) is 0 Å². The Morgan fingerprint density at radius 1 is 1.04 bits per heavy atom. The SMILES string of the molecule is O=c1nc2sc(=Cc3ccccc3Br)c(=O)n2nc1Cc1ccccc1. The fourth-order valence-corrected chi connectivity index (χ4v) is 3.87. The van der Waals surface area contributed by atoms with Gasteiger partial charge in [-0.3, -0.25) is 9.59 Å². The third-order valence-corrected chi connectivity index (χ3v) is 5.54. The van der Waals surface area contributed by atoms with Crippen molar-refractivity contribution in [1.82, 2.24) is 14.6 Å². The molecule has 0 bridgehead atoms. The van der Waals surface area contributed by atoms with Crippen LogP contribution in [0.1, 0.15) is 16.8 Å². The molecule has 2 aromatic heterocycles. The fourth-order valence-electron chi connectivity index (χ4n) is 2.57. The summed E-state index contributed by atoms with van der Waals surface area (Å²) in [6, 6.07) is 17.1. The van der Waals surface area contributed by atoms with E-state index in [1.165, 1.54) is 4.52 Å². The lowest BCUT2D eigenvalue weighted by Crippen LogP contribution is -2.28. The highest BCUT2D eigenvalue weighted by Crippen LogP contribution is 2.16. The summed E-state index contributed by atoms with van der Waals surface area (Å²) in [4.78, 5) is 29.3. The van der Waals surface area contributed by atoms with Gasteiger partial charge < -0.3 is 0 Å². The van der Waals surface area contributed by atoms with Crippen LogP contribution in [-0.4, -0.2) is 14.6 Å². The molecule has 0 amide bonds. The molecule has 0 saturated carbocycles. The number of thiazole rings is 1. The molecule has 0 unspecified atom stereocenters. The minimum atomic E-state index is -0.400. The maximum absolute atomic E-state index is 12.7. The highest BCUT2D eigenvalue weighted by atomic mass is 79.9. The molecular formula is C19H12BrN3O2S. The molecule has 0 aliphatic heterocycles. The van der Waals surface area contributed by atoms with Crippen LogP contribution in [-0.2, 0) is 6.42 Å². The summed E-state index contributed by atoms with van der Waals surface area (Å²) < 4.78 is 2.58. The zero-order valence-electron chi connectivity index (χ0n) is 13.4. The van der Waals surface area contributed by atoms with Gasteiger partial charge in [0.25, 0.3) is 11.1 Å². The average Bonchev–Trinajstić information content (AvgIpc) is 2.93. The maximum atomic E-state index is 12.7. The third kappa shape index (κ3) is 3.23. The molecule has 0 spiro atoms. The fraction of sp³-hybridized carbons (Fsp3) is 0.0526. The molecule has 0 aliphatic rings. The summed E-state index contributed by atoms with van der Waals surface area (Å²) in [7, 11) is 0. The molecule has 26 heavy (non-hydrogen) atoms. The molecule has 4 rings (SSSR count). The van der Waals surface area contributed by atoms with E-state index in [9.17, 15) is 9.59 Å². The lowest BCUT2D eigenvalue weighted by molar-refractivity contribution is 0.811. The lowest BCUT2D eigenvalue weighted by Gasteiger charge is -1.99. The molecule has 128 valence electrons. The molecule has 2 aromatic carbocycles. The number of rotatable bonds is 3.